The Bertz CT molecular complexity index is 742. The maximum Gasteiger partial charge on any atom is 0.254 e. The molecule has 0 bridgehead atoms. The summed E-state index contributed by atoms with van der Waals surface area (Å²) >= 11 is 0. The molecule has 1 heterocycles. The average Bonchev–Trinajstić information content (AvgIpc) is 2.63. The maximum atomic E-state index is 13.2. The van der Waals surface area contributed by atoms with Gasteiger partial charge in [0.2, 0.25) is 0 Å². The van der Waals surface area contributed by atoms with Crippen molar-refractivity contribution in [1.82, 2.24) is 10.2 Å². The molecule has 1 saturated heterocycles. The quantitative estimate of drug-likeness (QED) is 0.943. The Hall–Kier alpha value is -2.33. The molecule has 1 N–H and O–H groups in total. The first-order chi connectivity index (χ1) is 11.6. The van der Waals surface area contributed by atoms with Gasteiger partial charge in [-0.2, -0.15) is 0 Å². The van der Waals surface area contributed by atoms with E-state index >= 15 is 0 Å². The Labute approximate surface area is 143 Å². The summed E-state index contributed by atoms with van der Waals surface area (Å²) < 4.78 is 5.51. The molecule has 0 aromatic heterocycles. The zero-order chi connectivity index (χ0) is 17.1. The molecule has 126 valence electrons. The minimum Gasteiger partial charge on any atom is -0.496 e. The number of benzene rings is 2. The fourth-order valence-corrected chi connectivity index (χ4v) is 3.30. The zero-order valence-electron chi connectivity index (χ0n) is 14.5. The molecule has 0 aliphatic carbocycles. The molecule has 0 spiro atoms. The van der Waals surface area contributed by atoms with Crippen molar-refractivity contribution in [3.05, 3.63) is 64.7 Å². The van der Waals surface area contributed by atoms with Crippen LogP contribution >= 0.6 is 0 Å². The number of nitrogens with zero attached hydrogens (tertiary/aromatic N) is 1. The third kappa shape index (κ3) is 3.02. The topological polar surface area (TPSA) is 41.6 Å². The fourth-order valence-electron chi connectivity index (χ4n) is 3.30. The summed E-state index contributed by atoms with van der Waals surface area (Å²) in [6.45, 7) is 6.29. The van der Waals surface area contributed by atoms with E-state index in [0.29, 0.717) is 6.54 Å². The number of hydrogen-bond acceptors (Lipinski definition) is 3. The minimum atomic E-state index is -0.0256. The standard InChI is InChI=1S/C20H24N2O2/c1-14-7-6-9-16(15(14)2)20(23)22-12-11-21-13-18(22)17-8-4-5-10-19(17)24-3/h4-10,18,21H,11-13H2,1-3H3. The van der Waals surface area contributed by atoms with Gasteiger partial charge < -0.3 is 15.0 Å². The molecule has 2 aromatic rings. The fraction of sp³-hybridized carbons (Fsp3) is 0.350. The molecule has 2 aromatic carbocycles. The van der Waals surface area contributed by atoms with Gasteiger partial charge in [0.1, 0.15) is 5.75 Å². The molecule has 24 heavy (non-hydrogen) atoms. The molecule has 4 heteroatoms. The van der Waals surface area contributed by atoms with E-state index < -0.39 is 0 Å². The lowest BCUT2D eigenvalue weighted by Crippen LogP contribution is -2.49. The Morgan fingerprint density at radius 3 is 2.75 bits per heavy atom. The second kappa shape index (κ2) is 7.05. The van der Waals surface area contributed by atoms with Gasteiger partial charge in [0, 0.05) is 30.8 Å². The van der Waals surface area contributed by atoms with Gasteiger partial charge in [0.05, 0.1) is 13.2 Å². The number of amides is 1. The van der Waals surface area contributed by atoms with E-state index in [1.165, 1.54) is 0 Å². The van der Waals surface area contributed by atoms with E-state index in [9.17, 15) is 4.79 Å². The lowest BCUT2D eigenvalue weighted by atomic mass is 9.98. The number of hydrogen-bond donors (Lipinski definition) is 1. The monoisotopic (exact) mass is 324 g/mol. The first-order valence-electron chi connectivity index (χ1n) is 8.34. The molecular formula is C20H24N2O2. The van der Waals surface area contributed by atoms with Crippen molar-refractivity contribution >= 4 is 5.91 Å². The molecule has 0 saturated carbocycles. The highest BCUT2D eigenvalue weighted by Gasteiger charge is 2.31. The summed E-state index contributed by atoms with van der Waals surface area (Å²) in [6.07, 6.45) is 0. The Balaban J connectivity index is 1.98. The minimum absolute atomic E-state index is 0.0256. The maximum absolute atomic E-state index is 13.2. The SMILES string of the molecule is COc1ccccc1C1CNCCN1C(=O)c1cccc(C)c1C. The summed E-state index contributed by atoms with van der Waals surface area (Å²) in [5, 5.41) is 3.40. The van der Waals surface area contributed by atoms with E-state index in [1.54, 1.807) is 7.11 Å². The van der Waals surface area contributed by atoms with Gasteiger partial charge in [0.15, 0.2) is 0 Å². The summed E-state index contributed by atoms with van der Waals surface area (Å²) in [5.74, 6) is 0.915. The van der Waals surface area contributed by atoms with Gasteiger partial charge in [-0.25, -0.2) is 0 Å². The highest BCUT2D eigenvalue weighted by molar-refractivity contribution is 5.96. The van der Waals surface area contributed by atoms with Crippen molar-refractivity contribution < 1.29 is 9.53 Å². The Morgan fingerprint density at radius 1 is 1.17 bits per heavy atom. The van der Waals surface area contributed by atoms with Crippen molar-refractivity contribution in [2.24, 2.45) is 0 Å². The molecule has 3 rings (SSSR count). The van der Waals surface area contributed by atoms with Gasteiger partial charge in [-0.3, -0.25) is 4.79 Å². The highest BCUT2D eigenvalue weighted by Crippen LogP contribution is 2.31. The van der Waals surface area contributed by atoms with E-state index in [-0.39, 0.29) is 11.9 Å². The van der Waals surface area contributed by atoms with Gasteiger partial charge in [-0.05, 0) is 37.1 Å². The van der Waals surface area contributed by atoms with Gasteiger partial charge in [-0.1, -0.05) is 30.3 Å². The molecule has 1 atom stereocenters. The number of piperazine rings is 1. The first-order valence-corrected chi connectivity index (χ1v) is 8.34. The molecular weight excluding hydrogens is 300 g/mol. The second-order valence-corrected chi connectivity index (χ2v) is 6.21. The second-order valence-electron chi connectivity index (χ2n) is 6.21. The van der Waals surface area contributed by atoms with E-state index in [4.69, 9.17) is 4.74 Å². The molecule has 1 aliphatic heterocycles. The normalized spacial score (nSPS) is 17.6. The van der Waals surface area contributed by atoms with Crippen LogP contribution in [0.25, 0.3) is 0 Å². The Kier molecular flexibility index (Phi) is 4.86. The van der Waals surface area contributed by atoms with Crippen LogP contribution in [0.1, 0.15) is 33.1 Å². The van der Waals surface area contributed by atoms with Crippen molar-refractivity contribution in [2.45, 2.75) is 19.9 Å². The number of carbonyl (C=O) groups excluding carboxylic acids is 1. The van der Waals surface area contributed by atoms with Crippen molar-refractivity contribution in [1.29, 1.82) is 0 Å². The predicted octanol–water partition coefficient (Wildman–Crippen LogP) is 3.10. The largest absolute Gasteiger partial charge is 0.496 e. The summed E-state index contributed by atoms with van der Waals surface area (Å²) in [4.78, 5) is 15.2. The van der Waals surface area contributed by atoms with Crippen LogP contribution in [0.5, 0.6) is 5.75 Å². The van der Waals surface area contributed by atoms with E-state index in [0.717, 1.165) is 41.1 Å². The van der Waals surface area contributed by atoms with Crippen LogP contribution in [0.15, 0.2) is 42.5 Å². The van der Waals surface area contributed by atoms with Gasteiger partial charge in [-0.15, -0.1) is 0 Å². The Morgan fingerprint density at radius 2 is 1.96 bits per heavy atom. The number of carbonyl (C=O) groups is 1. The highest BCUT2D eigenvalue weighted by atomic mass is 16.5. The van der Waals surface area contributed by atoms with Gasteiger partial charge in [0.25, 0.3) is 5.91 Å². The third-order valence-electron chi connectivity index (χ3n) is 4.84. The third-order valence-corrected chi connectivity index (χ3v) is 4.84. The van der Waals surface area contributed by atoms with Crippen LogP contribution in [0, 0.1) is 13.8 Å². The number of methoxy groups -OCH3 is 1. The van der Waals surface area contributed by atoms with E-state index in [2.05, 4.69) is 5.32 Å². The molecule has 4 nitrogen and oxygen atoms in total. The van der Waals surface area contributed by atoms with Crippen LogP contribution in [0.2, 0.25) is 0 Å². The summed E-state index contributed by atoms with van der Waals surface area (Å²) in [5.41, 5.74) is 4.03. The van der Waals surface area contributed by atoms with Crippen LogP contribution in [0.4, 0.5) is 0 Å². The first kappa shape index (κ1) is 16.5. The average molecular weight is 324 g/mol. The number of nitrogens with one attached hydrogen (secondary N) is 1. The van der Waals surface area contributed by atoms with Crippen LogP contribution in [-0.4, -0.2) is 37.6 Å². The van der Waals surface area contributed by atoms with Crippen molar-refractivity contribution in [3.8, 4) is 5.75 Å². The van der Waals surface area contributed by atoms with Crippen LogP contribution in [0.3, 0.4) is 0 Å². The van der Waals surface area contributed by atoms with Crippen molar-refractivity contribution in [3.63, 3.8) is 0 Å². The van der Waals surface area contributed by atoms with Crippen LogP contribution < -0.4 is 10.1 Å². The smallest absolute Gasteiger partial charge is 0.254 e. The number of rotatable bonds is 3. The molecule has 0 radical (unpaired) electrons. The van der Waals surface area contributed by atoms with Crippen molar-refractivity contribution in [2.75, 3.05) is 26.7 Å². The van der Waals surface area contributed by atoms with Gasteiger partial charge >= 0.3 is 0 Å². The zero-order valence-corrected chi connectivity index (χ0v) is 14.5. The number of aryl methyl sites for hydroxylation is 1. The summed E-state index contributed by atoms with van der Waals surface area (Å²) in [6, 6.07) is 13.8. The molecule has 1 unspecified atom stereocenters. The van der Waals surface area contributed by atoms with E-state index in [1.807, 2.05) is 61.2 Å². The number of para-hydroxylation sites is 1. The predicted molar refractivity (Wildman–Crippen MR) is 95.6 cm³/mol. The molecule has 1 fully saturated rings. The molecule has 1 amide bonds. The summed E-state index contributed by atoms with van der Waals surface area (Å²) in [7, 11) is 1.67. The lowest BCUT2D eigenvalue weighted by molar-refractivity contribution is 0.0631. The molecule has 1 aliphatic rings. The number of ether oxygens (including phenoxy) is 1. The van der Waals surface area contributed by atoms with Crippen LogP contribution in [-0.2, 0) is 0 Å². The lowest BCUT2D eigenvalue weighted by Gasteiger charge is -2.37.